The Balaban J connectivity index is 1.46. The number of aromatic hydroxyl groups is 2. The van der Waals surface area contributed by atoms with Crippen molar-refractivity contribution in [2.24, 2.45) is 5.92 Å². The highest BCUT2D eigenvalue weighted by molar-refractivity contribution is 7.93. The van der Waals surface area contributed by atoms with Crippen molar-refractivity contribution in [1.82, 2.24) is 0 Å². The first-order valence-corrected chi connectivity index (χ1v) is 15.0. The van der Waals surface area contributed by atoms with Gasteiger partial charge in [0.05, 0.1) is 28.9 Å². The van der Waals surface area contributed by atoms with E-state index >= 15 is 0 Å². The molecule has 39 heavy (non-hydrogen) atoms. The number of halogens is 2. The van der Waals surface area contributed by atoms with Crippen molar-refractivity contribution in [2.45, 2.75) is 36.7 Å². The van der Waals surface area contributed by atoms with Gasteiger partial charge in [0.2, 0.25) is 10.0 Å². The number of rotatable bonds is 8. The quantitative estimate of drug-likeness (QED) is 0.330. The average molecular weight is 589 g/mol. The highest BCUT2D eigenvalue weighted by Crippen LogP contribution is 2.53. The largest absolute Gasteiger partial charge is 0.508 e. The fourth-order valence-electron chi connectivity index (χ4n) is 5.56. The van der Waals surface area contributed by atoms with E-state index in [2.05, 4.69) is 0 Å². The minimum Gasteiger partial charge on any atom is -0.508 e. The van der Waals surface area contributed by atoms with Crippen LogP contribution in [0.4, 0.5) is 5.69 Å². The van der Waals surface area contributed by atoms with Crippen LogP contribution in [0.2, 0.25) is 10.0 Å². The number of ether oxygens (including phenoxy) is 2. The Labute approximate surface area is 237 Å². The summed E-state index contributed by atoms with van der Waals surface area (Å²) in [7, 11) is -2.31. The summed E-state index contributed by atoms with van der Waals surface area (Å²) in [4.78, 5) is 0. The number of anilines is 1. The molecular formula is C29H27Cl2NO6S. The van der Waals surface area contributed by atoms with Gasteiger partial charge >= 0.3 is 0 Å². The number of benzene rings is 3. The summed E-state index contributed by atoms with van der Waals surface area (Å²) in [5.74, 6) is 0.980. The number of fused-ring (bicyclic) bond motifs is 2. The van der Waals surface area contributed by atoms with Crippen LogP contribution in [0.1, 0.15) is 30.4 Å². The third-order valence-electron chi connectivity index (χ3n) is 7.65. The summed E-state index contributed by atoms with van der Waals surface area (Å²) >= 11 is 13.1. The lowest BCUT2D eigenvalue weighted by Gasteiger charge is -2.32. The molecule has 0 aromatic heterocycles. The van der Waals surface area contributed by atoms with Gasteiger partial charge in [-0.15, -0.1) is 0 Å². The summed E-state index contributed by atoms with van der Waals surface area (Å²) in [6, 6.07) is 16.3. The Hall–Kier alpha value is -2.91. The molecule has 7 nitrogen and oxygen atoms in total. The SMILES string of the molecule is COc1ccc(N(CC2CC2)S(=O)(=O)C2CC3OC2C(c2ccc(O)cc2Cl)=C3c2ccc(O)cc2Cl)cc1. The van der Waals surface area contributed by atoms with Gasteiger partial charge in [-0.05, 0) is 108 Å². The van der Waals surface area contributed by atoms with Crippen LogP contribution < -0.4 is 9.04 Å². The second kappa shape index (κ2) is 9.93. The zero-order chi connectivity index (χ0) is 27.5. The van der Waals surface area contributed by atoms with E-state index < -0.39 is 27.5 Å². The zero-order valence-electron chi connectivity index (χ0n) is 21.1. The lowest BCUT2D eigenvalue weighted by molar-refractivity contribution is 0.128. The highest BCUT2D eigenvalue weighted by Gasteiger charge is 2.55. The molecule has 0 amide bonds. The standard InChI is InChI=1S/C29H27Cl2NO6S/c1-37-20-8-4-17(5-9-20)32(15-16-2-3-16)39(35,36)26-14-25-27(21-10-6-18(33)12-23(21)30)28(29(26)38-25)22-11-7-19(34)13-24(22)31/h4-13,16,25-26,29,33-34H,2-3,14-15H2,1H3. The maximum Gasteiger partial charge on any atom is 0.241 e. The lowest BCUT2D eigenvalue weighted by Crippen LogP contribution is -2.44. The van der Waals surface area contributed by atoms with Crippen molar-refractivity contribution < 1.29 is 28.1 Å². The molecule has 3 aromatic rings. The molecule has 1 saturated carbocycles. The summed E-state index contributed by atoms with van der Waals surface area (Å²) in [5.41, 5.74) is 3.15. The Morgan fingerprint density at radius 2 is 1.51 bits per heavy atom. The van der Waals surface area contributed by atoms with Crippen LogP contribution in [0.5, 0.6) is 17.2 Å². The van der Waals surface area contributed by atoms with Crippen LogP contribution in [-0.2, 0) is 14.8 Å². The first-order valence-electron chi connectivity index (χ1n) is 12.7. The van der Waals surface area contributed by atoms with Crippen LogP contribution in [0.15, 0.2) is 60.7 Å². The molecule has 2 aliphatic heterocycles. The number of phenolic OH excluding ortho intramolecular Hbond substituents is 2. The normalized spacial score (nSPS) is 22.4. The lowest BCUT2D eigenvalue weighted by atomic mass is 9.83. The summed E-state index contributed by atoms with van der Waals surface area (Å²) < 4.78 is 41.9. The van der Waals surface area contributed by atoms with E-state index in [1.54, 1.807) is 43.5 Å². The van der Waals surface area contributed by atoms with E-state index in [9.17, 15) is 18.6 Å². The monoisotopic (exact) mass is 587 g/mol. The first kappa shape index (κ1) is 26.3. The molecule has 204 valence electrons. The van der Waals surface area contributed by atoms with Crippen LogP contribution in [0.3, 0.4) is 0 Å². The molecule has 1 saturated heterocycles. The Bertz CT molecular complexity index is 1570. The molecule has 1 aliphatic carbocycles. The maximum atomic E-state index is 14.4. The summed E-state index contributed by atoms with van der Waals surface area (Å²) in [5, 5.41) is 19.6. The molecule has 2 heterocycles. The van der Waals surface area contributed by atoms with Crippen LogP contribution in [-0.4, -0.2) is 49.7 Å². The van der Waals surface area contributed by atoms with Gasteiger partial charge in [-0.3, -0.25) is 4.31 Å². The molecule has 0 radical (unpaired) electrons. The van der Waals surface area contributed by atoms with Crippen LogP contribution >= 0.6 is 23.2 Å². The van der Waals surface area contributed by atoms with Gasteiger partial charge < -0.3 is 19.7 Å². The number of hydrogen-bond donors (Lipinski definition) is 2. The van der Waals surface area contributed by atoms with E-state index in [0.717, 1.165) is 18.4 Å². The van der Waals surface area contributed by atoms with E-state index in [0.29, 0.717) is 45.6 Å². The van der Waals surface area contributed by atoms with Gasteiger partial charge in [-0.1, -0.05) is 23.2 Å². The zero-order valence-corrected chi connectivity index (χ0v) is 23.4. The Morgan fingerprint density at radius 3 is 2.05 bits per heavy atom. The van der Waals surface area contributed by atoms with E-state index in [-0.39, 0.29) is 22.9 Å². The highest BCUT2D eigenvalue weighted by atomic mass is 35.5. The molecule has 3 unspecified atom stereocenters. The number of phenols is 2. The topological polar surface area (TPSA) is 96.3 Å². The first-order chi connectivity index (χ1) is 18.7. The number of methoxy groups -OCH3 is 1. The Kier molecular flexibility index (Phi) is 6.70. The minimum absolute atomic E-state index is 0.00285. The second-order valence-corrected chi connectivity index (χ2v) is 13.1. The molecule has 3 atom stereocenters. The van der Waals surface area contributed by atoms with E-state index in [1.807, 2.05) is 0 Å². The molecule has 2 bridgehead atoms. The van der Waals surface area contributed by atoms with Crippen molar-refractivity contribution >= 4 is 50.1 Å². The second-order valence-electron chi connectivity index (χ2n) is 10.2. The number of nitrogens with zero attached hydrogens (tertiary/aromatic N) is 1. The summed E-state index contributed by atoms with van der Waals surface area (Å²) in [6.07, 6.45) is 0.883. The van der Waals surface area contributed by atoms with Gasteiger partial charge in [0.1, 0.15) is 28.6 Å². The molecule has 3 aliphatic rings. The molecule has 3 aromatic carbocycles. The minimum atomic E-state index is -3.88. The van der Waals surface area contributed by atoms with Gasteiger partial charge in [-0.2, -0.15) is 0 Å². The van der Waals surface area contributed by atoms with Crippen molar-refractivity contribution in [3.05, 3.63) is 81.8 Å². The van der Waals surface area contributed by atoms with Crippen LogP contribution in [0.25, 0.3) is 11.1 Å². The predicted octanol–water partition coefficient (Wildman–Crippen LogP) is 6.11. The molecule has 2 N–H and O–H groups in total. The third kappa shape index (κ3) is 4.73. The maximum absolute atomic E-state index is 14.4. The van der Waals surface area contributed by atoms with Crippen LogP contribution in [0, 0.1) is 5.92 Å². The number of sulfonamides is 1. The van der Waals surface area contributed by atoms with Gasteiger partial charge in [0, 0.05) is 6.54 Å². The van der Waals surface area contributed by atoms with Crippen molar-refractivity contribution in [3.63, 3.8) is 0 Å². The van der Waals surface area contributed by atoms with Gasteiger partial charge in [0.15, 0.2) is 0 Å². The molecule has 6 rings (SSSR count). The van der Waals surface area contributed by atoms with Gasteiger partial charge in [-0.25, -0.2) is 8.42 Å². The van der Waals surface area contributed by atoms with E-state index in [4.69, 9.17) is 32.7 Å². The van der Waals surface area contributed by atoms with Gasteiger partial charge in [0.25, 0.3) is 0 Å². The average Bonchev–Trinajstić information content (AvgIpc) is 3.52. The number of hydrogen-bond acceptors (Lipinski definition) is 6. The fraction of sp³-hybridized carbons (Fsp3) is 0.310. The van der Waals surface area contributed by atoms with Crippen molar-refractivity contribution in [3.8, 4) is 17.2 Å². The fourth-order valence-corrected chi connectivity index (χ4v) is 8.21. The third-order valence-corrected chi connectivity index (χ3v) is 10.5. The molecule has 2 fully saturated rings. The Morgan fingerprint density at radius 1 is 0.923 bits per heavy atom. The predicted molar refractivity (Wildman–Crippen MR) is 152 cm³/mol. The molecule has 10 heteroatoms. The van der Waals surface area contributed by atoms with Crippen molar-refractivity contribution in [2.75, 3.05) is 18.0 Å². The van der Waals surface area contributed by atoms with E-state index in [1.165, 1.54) is 28.6 Å². The summed E-state index contributed by atoms with van der Waals surface area (Å²) in [6.45, 7) is 0.401. The molecule has 0 spiro atoms. The molecular weight excluding hydrogens is 561 g/mol. The smallest absolute Gasteiger partial charge is 0.241 e. The van der Waals surface area contributed by atoms with Crippen molar-refractivity contribution in [1.29, 1.82) is 0 Å².